The normalized spacial score (nSPS) is 38.3. The molecule has 2 aliphatic carbocycles. The monoisotopic (exact) mass is 313 g/mol. The van der Waals surface area contributed by atoms with Crippen molar-refractivity contribution in [3.8, 4) is 12.3 Å². The molecule has 2 saturated carbocycles. The van der Waals surface area contributed by atoms with E-state index in [1.807, 2.05) is 4.57 Å². The van der Waals surface area contributed by atoms with Gasteiger partial charge in [0.25, 0.3) is 0 Å². The highest BCUT2D eigenvalue weighted by Gasteiger charge is 2.81. The molecule has 0 bridgehead atoms. The third-order valence-electron chi connectivity index (χ3n) is 6.09. The minimum absolute atomic E-state index is 0.0692. The summed E-state index contributed by atoms with van der Waals surface area (Å²) in [5.74, 6) is 3.19. The smallest absolute Gasteiger partial charge is 0.165 e. The molecule has 2 heterocycles. The first-order valence-electron chi connectivity index (χ1n) is 7.63. The largest absolute Gasteiger partial charge is 0.396 e. The van der Waals surface area contributed by atoms with Crippen molar-refractivity contribution in [1.82, 2.24) is 19.5 Å². The Bertz CT molecular complexity index is 843. The zero-order valence-corrected chi connectivity index (χ0v) is 13.1. The number of terminal acetylenes is 1. The van der Waals surface area contributed by atoms with Crippen LogP contribution in [0.15, 0.2) is 12.7 Å². The van der Waals surface area contributed by atoms with Crippen LogP contribution >= 0.6 is 0 Å². The van der Waals surface area contributed by atoms with Gasteiger partial charge in [-0.15, -0.1) is 6.42 Å². The van der Waals surface area contributed by atoms with Crippen molar-refractivity contribution in [1.29, 1.82) is 0 Å². The van der Waals surface area contributed by atoms with E-state index in [1.54, 1.807) is 13.4 Å². The fraction of sp³-hybridized carbons (Fsp3) is 0.562. The van der Waals surface area contributed by atoms with Crippen molar-refractivity contribution in [2.75, 3.05) is 19.0 Å². The maximum absolute atomic E-state index is 10.9. The molecule has 0 saturated heterocycles. The Morgan fingerprint density at radius 2 is 2.26 bits per heavy atom. The molecule has 4 atom stereocenters. The van der Waals surface area contributed by atoms with Crippen LogP contribution in [-0.2, 0) is 0 Å². The number of anilines is 1. The lowest BCUT2D eigenvalue weighted by Crippen LogP contribution is -2.38. The van der Waals surface area contributed by atoms with Crippen molar-refractivity contribution in [3.05, 3.63) is 12.7 Å². The van der Waals surface area contributed by atoms with E-state index in [0.717, 1.165) is 0 Å². The third-order valence-corrected chi connectivity index (χ3v) is 6.09. The van der Waals surface area contributed by atoms with E-state index in [0.29, 0.717) is 29.8 Å². The Kier molecular flexibility index (Phi) is 2.64. The number of nitrogens with zero attached hydrogens (tertiary/aromatic N) is 4. The van der Waals surface area contributed by atoms with Gasteiger partial charge in [0.2, 0.25) is 0 Å². The van der Waals surface area contributed by atoms with Crippen LogP contribution in [0, 0.1) is 23.2 Å². The van der Waals surface area contributed by atoms with Crippen molar-refractivity contribution in [3.63, 3.8) is 0 Å². The SMILES string of the molecule is C#C[C@]1(O)C[C@H](n2cnc3c(NC)ncnc32)[C@@]2(C)C[C@@]12CO. The van der Waals surface area contributed by atoms with Crippen LogP contribution in [0.25, 0.3) is 11.2 Å². The van der Waals surface area contributed by atoms with Crippen molar-refractivity contribution in [2.45, 2.75) is 31.4 Å². The molecule has 3 N–H and O–H groups in total. The average molecular weight is 313 g/mol. The summed E-state index contributed by atoms with van der Waals surface area (Å²) in [5.41, 5.74) is -0.840. The highest BCUT2D eigenvalue weighted by Crippen LogP contribution is 2.80. The second kappa shape index (κ2) is 4.22. The maximum atomic E-state index is 10.9. The fourth-order valence-electron chi connectivity index (χ4n) is 4.57. The highest BCUT2D eigenvalue weighted by atomic mass is 16.3. The summed E-state index contributed by atoms with van der Waals surface area (Å²) < 4.78 is 1.96. The number of aliphatic hydroxyl groups is 2. The van der Waals surface area contributed by atoms with Crippen molar-refractivity contribution in [2.24, 2.45) is 10.8 Å². The number of aromatic nitrogens is 4. The zero-order chi connectivity index (χ0) is 16.5. The van der Waals surface area contributed by atoms with Crippen LogP contribution in [0.2, 0.25) is 0 Å². The minimum Gasteiger partial charge on any atom is -0.396 e. The summed E-state index contributed by atoms with van der Waals surface area (Å²) in [6, 6.07) is -0.0692. The van der Waals surface area contributed by atoms with Gasteiger partial charge in [0, 0.05) is 30.3 Å². The van der Waals surface area contributed by atoms with Gasteiger partial charge in [-0.3, -0.25) is 0 Å². The molecular weight excluding hydrogens is 294 g/mol. The van der Waals surface area contributed by atoms with E-state index in [4.69, 9.17) is 6.42 Å². The minimum atomic E-state index is -1.31. The highest BCUT2D eigenvalue weighted by molar-refractivity contribution is 5.82. The molecule has 2 aliphatic rings. The average Bonchev–Trinajstić information content (AvgIpc) is 2.91. The predicted octanol–water partition coefficient (Wildman–Crippen LogP) is 0.566. The Hall–Kier alpha value is -2.17. The topological polar surface area (TPSA) is 96.1 Å². The summed E-state index contributed by atoms with van der Waals surface area (Å²) in [6.07, 6.45) is 9.88. The number of aliphatic hydroxyl groups excluding tert-OH is 1. The van der Waals surface area contributed by atoms with Crippen molar-refractivity contribution >= 4 is 17.0 Å². The second-order valence-electron chi connectivity index (χ2n) is 6.86. The van der Waals surface area contributed by atoms with Gasteiger partial charge in [-0.2, -0.15) is 0 Å². The molecule has 23 heavy (non-hydrogen) atoms. The molecule has 2 fully saturated rings. The van der Waals surface area contributed by atoms with Crippen LogP contribution in [0.1, 0.15) is 25.8 Å². The predicted molar refractivity (Wildman–Crippen MR) is 84.5 cm³/mol. The van der Waals surface area contributed by atoms with Gasteiger partial charge in [0.15, 0.2) is 11.5 Å². The Labute approximate surface area is 133 Å². The number of nitrogens with one attached hydrogen (secondary N) is 1. The summed E-state index contributed by atoms with van der Waals surface area (Å²) in [5, 5.41) is 23.8. The van der Waals surface area contributed by atoms with E-state index < -0.39 is 11.0 Å². The van der Waals surface area contributed by atoms with Gasteiger partial charge in [-0.25, -0.2) is 15.0 Å². The van der Waals surface area contributed by atoms with E-state index in [2.05, 4.69) is 33.1 Å². The van der Waals surface area contributed by atoms with Crippen LogP contribution in [0.3, 0.4) is 0 Å². The first-order valence-corrected chi connectivity index (χ1v) is 7.63. The lowest BCUT2D eigenvalue weighted by Gasteiger charge is -2.27. The van der Waals surface area contributed by atoms with E-state index in [-0.39, 0.29) is 18.1 Å². The van der Waals surface area contributed by atoms with Crippen LogP contribution < -0.4 is 5.32 Å². The van der Waals surface area contributed by atoms with E-state index >= 15 is 0 Å². The number of fused-ring (bicyclic) bond motifs is 2. The molecule has 7 nitrogen and oxygen atoms in total. The Morgan fingerprint density at radius 3 is 2.87 bits per heavy atom. The molecule has 120 valence electrons. The van der Waals surface area contributed by atoms with Gasteiger partial charge >= 0.3 is 0 Å². The van der Waals surface area contributed by atoms with E-state index in [9.17, 15) is 10.2 Å². The molecule has 2 aromatic rings. The summed E-state index contributed by atoms with van der Waals surface area (Å²) >= 11 is 0. The van der Waals surface area contributed by atoms with Gasteiger partial charge in [-0.05, 0) is 6.42 Å². The molecule has 0 radical (unpaired) electrons. The third kappa shape index (κ3) is 1.45. The van der Waals surface area contributed by atoms with Gasteiger partial charge in [0.1, 0.15) is 17.4 Å². The molecule has 4 rings (SSSR count). The Balaban J connectivity index is 1.86. The summed E-state index contributed by atoms with van der Waals surface area (Å²) in [7, 11) is 1.78. The van der Waals surface area contributed by atoms with Gasteiger partial charge in [0.05, 0.1) is 12.9 Å². The molecule has 0 amide bonds. The van der Waals surface area contributed by atoms with E-state index in [1.165, 1.54) is 6.33 Å². The molecule has 0 aliphatic heterocycles. The molecule has 0 spiro atoms. The fourth-order valence-corrected chi connectivity index (χ4v) is 4.57. The molecule has 0 unspecified atom stereocenters. The maximum Gasteiger partial charge on any atom is 0.165 e. The van der Waals surface area contributed by atoms with Crippen LogP contribution in [-0.4, -0.2) is 49.0 Å². The lowest BCUT2D eigenvalue weighted by atomic mass is 9.85. The number of hydrogen-bond donors (Lipinski definition) is 3. The second-order valence-corrected chi connectivity index (χ2v) is 6.86. The Morgan fingerprint density at radius 1 is 1.48 bits per heavy atom. The van der Waals surface area contributed by atoms with Crippen LogP contribution in [0.4, 0.5) is 5.82 Å². The number of hydrogen-bond acceptors (Lipinski definition) is 6. The standard InChI is InChI=1S/C16H19N5O2/c1-4-16(23)5-10(14(2)6-15(14,16)7-22)21-9-20-11-12(17-3)18-8-19-13(11)21/h1,8-10,22-23H,5-7H2,2-3H3,(H,17,18,19)/t10-,14+,15-,16-/m0/s1. The molecule has 7 heteroatoms. The first kappa shape index (κ1) is 14.4. The van der Waals surface area contributed by atoms with Gasteiger partial charge < -0.3 is 20.1 Å². The number of imidazole rings is 1. The number of rotatable bonds is 3. The first-order chi connectivity index (χ1) is 11.0. The summed E-state index contributed by atoms with van der Waals surface area (Å²) in [4.78, 5) is 12.9. The molecule has 0 aromatic carbocycles. The van der Waals surface area contributed by atoms with Crippen molar-refractivity contribution < 1.29 is 10.2 Å². The quantitative estimate of drug-likeness (QED) is 0.717. The lowest BCUT2D eigenvalue weighted by molar-refractivity contribution is -0.00175. The zero-order valence-electron chi connectivity index (χ0n) is 13.1. The molecular formula is C16H19N5O2. The molecule has 2 aromatic heterocycles. The van der Waals surface area contributed by atoms with Crippen LogP contribution in [0.5, 0.6) is 0 Å². The summed E-state index contributed by atoms with van der Waals surface area (Å²) in [6.45, 7) is 1.94. The van der Waals surface area contributed by atoms with Gasteiger partial charge in [-0.1, -0.05) is 12.8 Å².